The number of carbonyl (C=O) groups excluding carboxylic acids is 1. The van der Waals surface area contributed by atoms with E-state index < -0.39 is 17.3 Å². The molecule has 142 valence electrons. The highest BCUT2D eigenvalue weighted by molar-refractivity contribution is 9.10. The van der Waals surface area contributed by atoms with Gasteiger partial charge in [0.05, 0.1) is 5.92 Å². The highest BCUT2D eigenvalue weighted by atomic mass is 79.9. The molecule has 0 radical (unpaired) electrons. The first-order valence-electron chi connectivity index (χ1n) is 8.94. The number of fused-ring (bicyclic) bond motifs is 2. The van der Waals surface area contributed by atoms with Gasteiger partial charge in [0.15, 0.2) is 0 Å². The standard InChI is InChI=1S/C18H23BrFN3O3/c1-11(2)17(24)22-8-12-3-5-18(7-12,10-22)13(9-23(25)26)15-14(19)4-6-21-16(15)20/h4,6,11-13H,3,5,7-10H2,1-2H3/t12-,13?,18-/m1/s1. The lowest BCUT2D eigenvalue weighted by atomic mass is 9.68. The molecule has 1 aliphatic heterocycles. The van der Waals surface area contributed by atoms with E-state index in [2.05, 4.69) is 20.9 Å². The van der Waals surface area contributed by atoms with Gasteiger partial charge in [-0.05, 0) is 31.2 Å². The number of carbonyl (C=O) groups is 1. The lowest BCUT2D eigenvalue weighted by Gasteiger charge is -2.44. The number of rotatable bonds is 5. The first-order chi connectivity index (χ1) is 12.2. The fourth-order valence-corrected chi connectivity index (χ4v) is 5.32. The van der Waals surface area contributed by atoms with Gasteiger partial charge in [-0.25, -0.2) is 4.98 Å². The first-order valence-corrected chi connectivity index (χ1v) is 9.73. The zero-order valence-corrected chi connectivity index (χ0v) is 16.5. The number of aromatic nitrogens is 1. The molecule has 1 saturated carbocycles. The van der Waals surface area contributed by atoms with E-state index in [1.54, 1.807) is 6.07 Å². The predicted molar refractivity (Wildman–Crippen MR) is 97.7 cm³/mol. The maximum atomic E-state index is 14.6. The molecule has 3 rings (SSSR count). The average Bonchev–Trinajstić information content (AvgIpc) is 2.88. The Labute approximate surface area is 160 Å². The molecule has 2 fully saturated rings. The minimum atomic E-state index is -0.670. The molecule has 6 nitrogen and oxygen atoms in total. The van der Waals surface area contributed by atoms with Crippen LogP contribution in [0.3, 0.4) is 0 Å². The van der Waals surface area contributed by atoms with Crippen LogP contribution in [0.1, 0.15) is 44.6 Å². The number of amides is 1. The van der Waals surface area contributed by atoms with Crippen molar-refractivity contribution in [1.82, 2.24) is 9.88 Å². The van der Waals surface area contributed by atoms with Crippen LogP contribution in [-0.2, 0) is 4.79 Å². The summed E-state index contributed by atoms with van der Waals surface area (Å²) in [5.41, 5.74) is -0.212. The second-order valence-electron chi connectivity index (χ2n) is 7.91. The van der Waals surface area contributed by atoms with Crippen molar-refractivity contribution in [2.75, 3.05) is 19.6 Å². The molecular weight excluding hydrogens is 405 g/mol. The van der Waals surface area contributed by atoms with Crippen LogP contribution >= 0.6 is 15.9 Å². The number of pyridine rings is 1. The zero-order valence-electron chi connectivity index (χ0n) is 15.0. The van der Waals surface area contributed by atoms with E-state index >= 15 is 0 Å². The normalized spacial score (nSPS) is 26.2. The first kappa shape index (κ1) is 19.2. The maximum absolute atomic E-state index is 14.6. The van der Waals surface area contributed by atoms with Gasteiger partial charge in [0.2, 0.25) is 18.4 Å². The zero-order chi connectivity index (χ0) is 19.1. The van der Waals surface area contributed by atoms with Crippen LogP contribution in [0, 0.1) is 33.3 Å². The molecule has 2 bridgehead atoms. The fraction of sp³-hybridized carbons (Fsp3) is 0.667. The van der Waals surface area contributed by atoms with Gasteiger partial charge in [0.1, 0.15) is 0 Å². The third-order valence-corrected chi connectivity index (χ3v) is 6.53. The molecule has 0 aromatic carbocycles. The summed E-state index contributed by atoms with van der Waals surface area (Å²) in [6, 6.07) is 1.62. The van der Waals surface area contributed by atoms with Crippen LogP contribution in [-0.4, -0.2) is 40.3 Å². The number of nitro groups is 1. The van der Waals surface area contributed by atoms with Crippen molar-refractivity contribution in [2.24, 2.45) is 17.3 Å². The molecule has 1 unspecified atom stereocenters. The Morgan fingerprint density at radius 1 is 1.58 bits per heavy atom. The minimum Gasteiger partial charge on any atom is -0.342 e. The number of hydrogen-bond acceptors (Lipinski definition) is 4. The van der Waals surface area contributed by atoms with Gasteiger partial charge in [-0.1, -0.05) is 29.8 Å². The number of piperidine rings is 1. The third-order valence-electron chi connectivity index (χ3n) is 5.84. The Morgan fingerprint density at radius 3 is 2.92 bits per heavy atom. The number of nitrogens with zero attached hydrogens (tertiary/aromatic N) is 3. The van der Waals surface area contributed by atoms with Crippen LogP contribution in [0.25, 0.3) is 0 Å². The molecule has 0 N–H and O–H groups in total. The average molecular weight is 428 g/mol. The summed E-state index contributed by atoms with van der Waals surface area (Å²) in [4.78, 5) is 29.2. The van der Waals surface area contributed by atoms with Crippen molar-refractivity contribution in [2.45, 2.75) is 39.0 Å². The SMILES string of the molecule is CC(C)C(=O)N1C[C@@H]2CC[C@@](C(C[N+](=O)[O-])c3c(Br)ccnc3F)(C2)C1. The summed E-state index contributed by atoms with van der Waals surface area (Å²) in [6.07, 6.45) is 3.80. The van der Waals surface area contributed by atoms with E-state index in [4.69, 9.17) is 0 Å². The van der Waals surface area contributed by atoms with Gasteiger partial charge < -0.3 is 4.90 Å². The molecule has 1 saturated heterocycles. The smallest absolute Gasteiger partial charge is 0.225 e. The lowest BCUT2D eigenvalue weighted by molar-refractivity contribution is -0.487. The lowest BCUT2D eigenvalue weighted by Crippen LogP contribution is -2.50. The largest absolute Gasteiger partial charge is 0.342 e. The predicted octanol–water partition coefficient (Wildman–Crippen LogP) is 3.63. The molecule has 1 amide bonds. The van der Waals surface area contributed by atoms with Crippen molar-refractivity contribution in [3.05, 3.63) is 38.4 Å². The van der Waals surface area contributed by atoms with Crippen molar-refractivity contribution in [3.8, 4) is 0 Å². The molecule has 1 aliphatic carbocycles. The van der Waals surface area contributed by atoms with E-state index in [0.717, 1.165) is 19.3 Å². The second kappa shape index (κ2) is 7.21. The topological polar surface area (TPSA) is 76.3 Å². The quantitative estimate of drug-likeness (QED) is 0.408. The van der Waals surface area contributed by atoms with E-state index in [1.165, 1.54) is 6.20 Å². The van der Waals surface area contributed by atoms with Crippen molar-refractivity contribution < 1.29 is 14.1 Å². The molecule has 2 heterocycles. The number of hydrogen-bond donors (Lipinski definition) is 0. The van der Waals surface area contributed by atoms with Crippen molar-refractivity contribution >= 4 is 21.8 Å². The number of likely N-dealkylation sites (tertiary alicyclic amines) is 1. The highest BCUT2D eigenvalue weighted by Gasteiger charge is 2.53. The van der Waals surface area contributed by atoms with Crippen LogP contribution in [0.2, 0.25) is 0 Å². The fourth-order valence-electron chi connectivity index (χ4n) is 4.76. The summed E-state index contributed by atoms with van der Waals surface area (Å²) < 4.78 is 15.1. The molecule has 2 aliphatic rings. The Balaban J connectivity index is 2.03. The molecule has 1 aromatic rings. The van der Waals surface area contributed by atoms with E-state index in [9.17, 15) is 19.3 Å². The van der Waals surface area contributed by atoms with Gasteiger partial charge in [0, 0.05) is 45.6 Å². The van der Waals surface area contributed by atoms with E-state index in [1.807, 2.05) is 18.7 Å². The van der Waals surface area contributed by atoms with Crippen LogP contribution in [0.15, 0.2) is 16.7 Å². The number of halogens is 2. The molecular formula is C18H23BrFN3O3. The summed E-state index contributed by atoms with van der Waals surface area (Å²) >= 11 is 3.36. The summed E-state index contributed by atoms with van der Waals surface area (Å²) in [5.74, 6) is -1.03. The molecule has 8 heteroatoms. The molecule has 0 spiro atoms. The van der Waals surface area contributed by atoms with Gasteiger partial charge >= 0.3 is 0 Å². The summed E-state index contributed by atoms with van der Waals surface area (Å²) in [5, 5.41) is 11.4. The van der Waals surface area contributed by atoms with Crippen LogP contribution < -0.4 is 0 Å². The Hall–Kier alpha value is -1.57. The molecule has 26 heavy (non-hydrogen) atoms. The summed E-state index contributed by atoms with van der Waals surface area (Å²) in [6.45, 7) is 4.49. The second-order valence-corrected chi connectivity index (χ2v) is 8.76. The van der Waals surface area contributed by atoms with Gasteiger partial charge in [0.25, 0.3) is 0 Å². The Bertz CT molecular complexity index is 709. The molecule has 1 aromatic heterocycles. The Kier molecular flexibility index (Phi) is 5.33. The van der Waals surface area contributed by atoms with Gasteiger partial charge in [-0.3, -0.25) is 14.9 Å². The Morgan fingerprint density at radius 2 is 2.31 bits per heavy atom. The van der Waals surface area contributed by atoms with Crippen molar-refractivity contribution in [3.63, 3.8) is 0 Å². The third kappa shape index (κ3) is 3.48. The minimum absolute atomic E-state index is 0.0616. The van der Waals surface area contributed by atoms with E-state index in [0.29, 0.717) is 23.5 Å². The van der Waals surface area contributed by atoms with Crippen molar-refractivity contribution in [1.29, 1.82) is 0 Å². The molecule has 3 atom stereocenters. The van der Waals surface area contributed by atoms with Crippen LogP contribution in [0.4, 0.5) is 4.39 Å². The summed E-state index contributed by atoms with van der Waals surface area (Å²) in [7, 11) is 0. The monoisotopic (exact) mass is 427 g/mol. The highest BCUT2D eigenvalue weighted by Crippen LogP contribution is 2.55. The van der Waals surface area contributed by atoms with Gasteiger partial charge in [-0.2, -0.15) is 4.39 Å². The van der Waals surface area contributed by atoms with E-state index in [-0.39, 0.29) is 28.9 Å². The van der Waals surface area contributed by atoms with Gasteiger partial charge in [-0.15, -0.1) is 0 Å². The van der Waals surface area contributed by atoms with Crippen LogP contribution in [0.5, 0.6) is 0 Å². The maximum Gasteiger partial charge on any atom is 0.225 e.